The molecule has 112 heavy (non-hydrogen) atoms. The molecular weight excluding hydrogens is 1490 g/mol. The van der Waals surface area contributed by atoms with Crippen LogP contribution in [0.3, 0.4) is 0 Å². The van der Waals surface area contributed by atoms with Gasteiger partial charge in [-0.3, -0.25) is 62.3 Å². The summed E-state index contributed by atoms with van der Waals surface area (Å²) in [5.74, 6) is -14.3. The van der Waals surface area contributed by atoms with Gasteiger partial charge >= 0.3 is 5.97 Å². The average molecular weight is 1600 g/mol. The number of thiol groups is 2. The van der Waals surface area contributed by atoms with Gasteiger partial charge in [-0.1, -0.05) is 109 Å². The molecule has 0 saturated heterocycles. The number of unbranched alkanes of at least 4 members (excludes halogenated alkanes) is 2. The minimum absolute atomic E-state index is 0.0374. The van der Waals surface area contributed by atoms with Gasteiger partial charge < -0.3 is 112 Å². The molecule has 24 N–H and O–H groups in total. The lowest BCUT2D eigenvalue weighted by atomic mass is 10.00. The Balaban J connectivity index is 1.44. The SMILES string of the molecule is C[C@@H](N)C(=O)NCC(=O)N[C@@H](CS)C(=O)N[C@@H](CCCCN)C(=O)N[C@H](C)C(=O)N[C@@H](Cc1ccccc1)C(=O)N[C@@H](Cc1ccccc1)C(=O)N[C@H](Cc1c[nH]c2ccccc12)C(=O)N[C@@H](CCCCN)C(=O)N[C@H](C(=O)N[C@@H](Cc1ccccc1)C(=O)N[C@H](C(=O)N[C@@H](CO)C(=O)N[C@H](CS)C(=O)O)[C@@H](C)O)[C@@H](C)O. The summed E-state index contributed by atoms with van der Waals surface area (Å²) in [5.41, 5.74) is 19.9. The minimum atomic E-state index is -1.89. The highest BCUT2D eigenvalue weighted by molar-refractivity contribution is 7.80. The number of para-hydroxylation sites is 1. The van der Waals surface area contributed by atoms with Crippen LogP contribution in [-0.4, -0.2) is 237 Å². The van der Waals surface area contributed by atoms with Crippen LogP contribution in [0, 0.1) is 0 Å². The molecule has 13 amide bonds. The summed E-state index contributed by atoms with van der Waals surface area (Å²) in [4.78, 5) is 197. The number of carboxylic acid groups (broad SMARTS) is 1. The molecule has 0 aliphatic carbocycles. The van der Waals surface area contributed by atoms with Crippen molar-refractivity contribution in [3.63, 3.8) is 0 Å². The van der Waals surface area contributed by atoms with E-state index in [9.17, 15) is 73.2 Å². The van der Waals surface area contributed by atoms with E-state index in [1.54, 1.807) is 121 Å². The van der Waals surface area contributed by atoms with Gasteiger partial charge in [-0.15, -0.1) is 0 Å². The van der Waals surface area contributed by atoms with Gasteiger partial charge in [-0.25, -0.2) is 4.79 Å². The van der Waals surface area contributed by atoms with Gasteiger partial charge in [0.05, 0.1) is 31.4 Å². The van der Waals surface area contributed by atoms with E-state index in [0.717, 1.165) is 13.8 Å². The molecule has 0 spiro atoms. The van der Waals surface area contributed by atoms with Gasteiger partial charge in [0.15, 0.2) is 0 Å². The third-order valence-corrected chi connectivity index (χ3v) is 18.5. The summed E-state index contributed by atoms with van der Waals surface area (Å²) >= 11 is 8.10. The Morgan fingerprint density at radius 3 is 1.18 bits per heavy atom. The first kappa shape index (κ1) is 92.1. The summed E-state index contributed by atoms with van der Waals surface area (Å²) in [6.45, 7) is 3.85. The predicted octanol–water partition coefficient (Wildman–Crippen LogP) is -4.30. The molecular formula is C75H105N17O18S2. The van der Waals surface area contributed by atoms with Crippen molar-refractivity contribution in [1.29, 1.82) is 0 Å². The zero-order valence-corrected chi connectivity index (χ0v) is 64.4. The third kappa shape index (κ3) is 30.3. The number of rotatable bonds is 48. The predicted molar refractivity (Wildman–Crippen MR) is 420 cm³/mol. The van der Waals surface area contributed by atoms with Crippen molar-refractivity contribution in [3.05, 3.63) is 144 Å². The van der Waals surface area contributed by atoms with Crippen molar-refractivity contribution in [2.45, 2.75) is 183 Å². The minimum Gasteiger partial charge on any atom is -0.480 e. The summed E-state index contributed by atoms with van der Waals surface area (Å²) < 4.78 is 0. The second-order valence-electron chi connectivity index (χ2n) is 26.9. The van der Waals surface area contributed by atoms with Crippen molar-refractivity contribution < 1.29 is 87.5 Å². The van der Waals surface area contributed by atoms with Gasteiger partial charge in [0.2, 0.25) is 76.8 Å². The maximum atomic E-state index is 15.3. The van der Waals surface area contributed by atoms with Gasteiger partial charge in [0, 0.05) is 54.3 Å². The fourth-order valence-corrected chi connectivity index (χ4v) is 12.0. The molecule has 0 saturated carbocycles. The number of aliphatic hydroxyl groups excluding tert-OH is 3. The Bertz CT molecular complexity index is 3960. The van der Waals surface area contributed by atoms with E-state index < -0.39 is 187 Å². The molecule has 0 fully saturated rings. The van der Waals surface area contributed by atoms with E-state index >= 15 is 14.4 Å². The Morgan fingerprint density at radius 1 is 0.402 bits per heavy atom. The topological polar surface area (TPSA) is 570 Å². The number of hydrogen-bond acceptors (Lipinski definition) is 22. The van der Waals surface area contributed by atoms with Gasteiger partial charge in [-0.2, -0.15) is 25.3 Å². The molecule has 35 nitrogen and oxygen atoms in total. The summed E-state index contributed by atoms with van der Waals surface area (Å²) in [5, 5.41) is 74.8. The second-order valence-corrected chi connectivity index (χ2v) is 27.6. The van der Waals surface area contributed by atoms with Crippen LogP contribution in [0.15, 0.2) is 121 Å². The molecule has 0 unspecified atom stereocenters. The lowest BCUT2D eigenvalue weighted by Crippen LogP contribution is -2.63. The van der Waals surface area contributed by atoms with Crippen LogP contribution < -0.4 is 86.3 Å². The highest BCUT2D eigenvalue weighted by atomic mass is 32.1. The number of fused-ring (bicyclic) bond motifs is 1. The summed E-state index contributed by atoms with van der Waals surface area (Å²) in [6.07, 6.45) is -1.51. The number of H-pyrrole nitrogens is 1. The smallest absolute Gasteiger partial charge is 0.327 e. The molecule has 1 heterocycles. The van der Waals surface area contributed by atoms with Gasteiger partial charge in [0.1, 0.15) is 72.5 Å². The van der Waals surface area contributed by atoms with Crippen LogP contribution in [0.5, 0.6) is 0 Å². The van der Waals surface area contributed by atoms with Crippen LogP contribution in [0.4, 0.5) is 0 Å². The number of benzene rings is 4. The molecule has 15 atom stereocenters. The monoisotopic (exact) mass is 1600 g/mol. The number of aliphatic carboxylic acids is 1. The molecule has 1 aromatic heterocycles. The van der Waals surface area contributed by atoms with Gasteiger partial charge in [-0.05, 0) is 108 Å². The number of amides is 13. The number of aromatic amines is 1. The number of nitrogens with two attached hydrogens (primary N) is 3. The highest BCUT2D eigenvalue weighted by Gasteiger charge is 2.39. The molecule has 610 valence electrons. The van der Waals surface area contributed by atoms with Crippen LogP contribution in [0.1, 0.15) is 88.5 Å². The van der Waals surface area contributed by atoms with Crippen LogP contribution in [-0.2, 0) is 92.8 Å². The van der Waals surface area contributed by atoms with Crippen LogP contribution in [0.25, 0.3) is 10.9 Å². The lowest BCUT2D eigenvalue weighted by molar-refractivity contribution is -0.142. The van der Waals surface area contributed by atoms with E-state index in [1.165, 1.54) is 13.8 Å². The Morgan fingerprint density at radius 2 is 0.759 bits per heavy atom. The van der Waals surface area contributed by atoms with E-state index in [2.05, 4.69) is 99.4 Å². The maximum absolute atomic E-state index is 15.3. The van der Waals surface area contributed by atoms with E-state index in [0.29, 0.717) is 52.4 Å². The fraction of sp³-hybridized carbons (Fsp3) is 0.467. The Labute approximate surface area is 658 Å². The highest BCUT2D eigenvalue weighted by Crippen LogP contribution is 2.21. The number of aromatic nitrogens is 1. The first-order valence-electron chi connectivity index (χ1n) is 36.6. The van der Waals surface area contributed by atoms with Crippen molar-refractivity contribution >= 4 is 119 Å². The number of nitrogens with one attached hydrogen (secondary N) is 14. The quantitative estimate of drug-likeness (QED) is 0.0129. The number of hydrogen-bond donors (Lipinski definition) is 23. The number of carbonyl (C=O) groups is 14. The van der Waals surface area contributed by atoms with Crippen molar-refractivity contribution in [3.8, 4) is 0 Å². The van der Waals surface area contributed by atoms with Crippen LogP contribution >= 0.6 is 25.3 Å². The molecule has 0 aliphatic heterocycles. The fourth-order valence-electron chi connectivity index (χ4n) is 11.5. The molecule has 0 bridgehead atoms. The standard InChI is InChI=1S/C75H105N17O18S2/c1-41(78)63(97)80-37-60(96)82-58(39-111)72(106)84-51(28-16-18-30-76)65(99)81-42(2)64(98)85-53(32-45-20-8-5-9-21-45)67(101)86-54(33-46-22-10-6-11-23-46)68(102)87-56(35-48-36-79-50-27-15-14-26-49(48)50)69(103)83-52(29-17-19-31-77)66(100)91-61(43(3)94)73(107)88-55(34-47-24-12-7-13-25-47)70(104)92-62(44(4)95)74(108)89-57(38-93)71(105)90-59(40-112)75(109)110/h5-15,20-27,36,41-44,51-59,61-62,79,93-95,111-112H,16-19,28-35,37-40,76-78H2,1-4H3,(H,80,97)(H,81,99)(H,82,96)(H,83,103)(H,84,106)(H,85,98)(H,86,101)(H,87,102)(H,88,107)(H,89,108)(H,90,105)(H,91,100)(H,92,104)(H,109,110)/t41-,42-,43-,44-,51+,52+,53+,54+,55+,56-,57+,58+,59-,61+,62+/m1/s1. The second kappa shape index (κ2) is 47.6. The first-order valence-corrected chi connectivity index (χ1v) is 37.8. The normalized spacial score (nSPS) is 15.2. The molecule has 37 heteroatoms. The molecule has 4 aromatic carbocycles. The third-order valence-electron chi connectivity index (χ3n) is 17.8. The zero-order chi connectivity index (χ0) is 82.6. The lowest BCUT2D eigenvalue weighted by Gasteiger charge is -2.29. The maximum Gasteiger partial charge on any atom is 0.327 e. The van der Waals surface area contributed by atoms with Crippen molar-refractivity contribution in [1.82, 2.24) is 74.1 Å². The molecule has 5 rings (SSSR count). The number of carboxylic acids is 1. The van der Waals surface area contributed by atoms with Crippen LogP contribution in [0.2, 0.25) is 0 Å². The van der Waals surface area contributed by atoms with E-state index in [4.69, 9.17) is 17.2 Å². The largest absolute Gasteiger partial charge is 0.480 e. The first-order chi connectivity index (χ1) is 53.4. The Kier molecular flexibility index (Phi) is 39.1. The number of aliphatic hydroxyl groups is 3. The molecule has 0 aliphatic rings. The van der Waals surface area contributed by atoms with E-state index in [-0.39, 0.29) is 69.5 Å². The van der Waals surface area contributed by atoms with Gasteiger partial charge in [0.25, 0.3) is 0 Å². The zero-order valence-electron chi connectivity index (χ0n) is 62.7. The molecule has 5 aromatic rings. The average Bonchev–Trinajstić information content (AvgIpc) is 1.65. The summed E-state index contributed by atoms with van der Waals surface area (Å²) in [6, 6.07) is 12.5. The van der Waals surface area contributed by atoms with Crippen molar-refractivity contribution in [2.75, 3.05) is 37.7 Å². The van der Waals surface area contributed by atoms with Crippen molar-refractivity contribution in [2.24, 2.45) is 17.2 Å². The summed E-state index contributed by atoms with van der Waals surface area (Å²) in [7, 11) is 0. The van der Waals surface area contributed by atoms with E-state index in [1.807, 2.05) is 0 Å². The Hall–Kier alpha value is -10.5. The number of carbonyl (C=O) groups excluding carboxylic acids is 13. The molecule has 0 radical (unpaired) electrons.